The van der Waals surface area contributed by atoms with Gasteiger partial charge in [0.15, 0.2) is 0 Å². The molecule has 0 aliphatic carbocycles. The SMILES string of the molecule is CCCc1ccc(C(=O)OC(C)C(CC)C(C)OC(=O)c2ccc(CCC)cc2)cc1. The molecule has 0 N–H and O–H groups in total. The van der Waals surface area contributed by atoms with Crippen LogP contribution in [0.1, 0.15) is 85.7 Å². The van der Waals surface area contributed by atoms with Crippen molar-refractivity contribution in [1.29, 1.82) is 0 Å². The number of carbonyl (C=O) groups is 2. The van der Waals surface area contributed by atoms with Gasteiger partial charge in [-0.2, -0.15) is 0 Å². The molecule has 2 rings (SSSR count). The van der Waals surface area contributed by atoms with Crippen molar-refractivity contribution < 1.29 is 19.1 Å². The molecule has 0 radical (unpaired) electrons. The fraction of sp³-hybridized carbons (Fsp3) is 0.481. The molecule has 0 aliphatic heterocycles. The Bertz CT molecular complexity index is 754. The fourth-order valence-corrected chi connectivity index (χ4v) is 3.89. The predicted molar refractivity (Wildman–Crippen MR) is 124 cm³/mol. The minimum atomic E-state index is -0.373. The van der Waals surface area contributed by atoms with Gasteiger partial charge in [0.05, 0.1) is 11.1 Å². The van der Waals surface area contributed by atoms with Gasteiger partial charge in [0.2, 0.25) is 0 Å². The largest absolute Gasteiger partial charge is 0.459 e. The topological polar surface area (TPSA) is 52.6 Å². The lowest BCUT2D eigenvalue weighted by Gasteiger charge is -2.28. The first-order chi connectivity index (χ1) is 14.9. The minimum absolute atomic E-state index is 0.0911. The van der Waals surface area contributed by atoms with Crippen LogP contribution in [0.2, 0.25) is 0 Å². The number of ether oxygens (including phenoxy) is 2. The molecule has 0 bridgehead atoms. The quantitative estimate of drug-likeness (QED) is 0.391. The summed E-state index contributed by atoms with van der Waals surface area (Å²) in [5, 5.41) is 0. The van der Waals surface area contributed by atoms with E-state index in [1.165, 1.54) is 11.1 Å². The summed E-state index contributed by atoms with van der Waals surface area (Å²) >= 11 is 0. The molecular weight excluding hydrogens is 388 g/mol. The van der Waals surface area contributed by atoms with Crippen LogP contribution in [0, 0.1) is 5.92 Å². The first-order valence-electron chi connectivity index (χ1n) is 11.5. The Balaban J connectivity index is 1.96. The third kappa shape index (κ3) is 7.23. The molecular formula is C27H36O4. The molecule has 0 heterocycles. The highest BCUT2D eigenvalue weighted by atomic mass is 16.6. The monoisotopic (exact) mass is 424 g/mol. The van der Waals surface area contributed by atoms with Crippen LogP contribution in [0.5, 0.6) is 0 Å². The minimum Gasteiger partial charge on any atom is -0.459 e. The molecule has 0 spiro atoms. The van der Waals surface area contributed by atoms with E-state index in [0.717, 1.165) is 32.1 Å². The van der Waals surface area contributed by atoms with Crippen molar-refractivity contribution in [2.24, 2.45) is 5.92 Å². The van der Waals surface area contributed by atoms with Crippen LogP contribution in [0.3, 0.4) is 0 Å². The molecule has 0 aliphatic rings. The van der Waals surface area contributed by atoms with E-state index in [9.17, 15) is 9.59 Å². The van der Waals surface area contributed by atoms with Crippen molar-refractivity contribution in [3.8, 4) is 0 Å². The Morgan fingerprint density at radius 1 is 0.677 bits per heavy atom. The summed E-state index contributed by atoms with van der Waals surface area (Å²) in [6.07, 6.45) is 4.11. The van der Waals surface area contributed by atoms with Gasteiger partial charge in [-0.1, -0.05) is 57.9 Å². The number of aryl methyl sites for hydroxylation is 2. The summed E-state index contributed by atoms with van der Waals surface area (Å²) in [6.45, 7) is 10.00. The van der Waals surface area contributed by atoms with Gasteiger partial charge in [-0.3, -0.25) is 0 Å². The van der Waals surface area contributed by atoms with Crippen molar-refractivity contribution in [2.75, 3.05) is 0 Å². The van der Waals surface area contributed by atoms with Crippen LogP contribution in [0.25, 0.3) is 0 Å². The lowest BCUT2D eigenvalue weighted by molar-refractivity contribution is -0.0232. The normalized spacial score (nSPS) is 13.8. The van der Waals surface area contributed by atoms with Gasteiger partial charge in [0.25, 0.3) is 0 Å². The van der Waals surface area contributed by atoms with Crippen molar-refractivity contribution >= 4 is 11.9 Å². The first-order valence-corrected chi connectivity index (χ1v) is 11.5. The summed E-state index contributed by atoms with van der Waals surface area (Å²) in [6, 6.07) is 15.1. The number of hydrogen-bond acceptors (Lipinski definition) is 4. The third-order valence-electron chi connectivity index (χ3n) is 5.72. The average molecular weight is 425 g/mol. The third-order valence-corrected chi connectivity index (χ3v) is 5.72. The Labute approximate surface area is 187 Å². The highest BCUT2D eigenvalue weighted by Crippen LogP contribution is 2.22. The zero-order chi connectivity index (χ0) is 22.8. The smallest absolute Gasteiger partial charge is 0.338 e. The molecule has 168 valence electrons. The van der Waals surface area contributed by atoms with Crippen LogP contribution < -0.4 is 0 Å². The lowest BCUT2D eigenvalue weighted by atomic mass is 9.94. The number of rotatable bonds is 11. The maximum absolute atomic E-state index is 12.6. The van der Waals surface area contributed by atoms with Crippen molar-refractivity contribution in [3.05, 3.63) is 70.8 Å². The number of hydrogen-bond donors (Lipinski definition) is 0. The van der Waals surface area contributed by atoms with Gasteiger partial charge in [-0.05, 0) is 68.5 Å². The maximum atomic E-state index is 12.6. The molecule has 0 saturated heterocycles. The van der Waals surface area contributed by atoms with Gasteiger partial charge in [0, 0.05) is 5.92 Å². The van der Waals surface area contributed by atoms with E-state index >= 15 is 0 Å². The summed E-state index contributed by atoms with van der Waals surface area (Å²) in [5.74, 6) is -0.787. The second-order valence-corrected chi connectivity index (χ2v) is 8.19. The van der Waals surface area contributed by atoms with Gasteiger partial charge in [-0.25, -0.2) is 9.59 Å². The van der Waals surface area contributed by atoms with Crippen LogP contribution in [0.4, 0.5) is 0 Å². The van der Waals surface area contributed by atoms with Crippen LogP contribution in [-0.4, -0.2) is 24.1 Å². The Morgan fingerprint density at radius 3 is 1.32 bits per heavy atom. The molecule has 2 unspecified atom stereocenters. The molecule has 0 fully saturated rings. The van der Waals surface area contributed by atoms with Crippen molar-refractivity contribution in [2.45, 2.75) is 78.9 Å². The van der Waals surface area contributed by atoms with Gasteiger partial charge in [0.1, 0.15) is 12.2 Å². The molecule has 2 aromatic rings. The zero-order valence-corrected chi connectivity index (χ0v) is 19.5. The number of esters is 2. The van der Waals surface area contributed by atoms with E-state index in [1.807, 2.05) is 69.3 Å². The second kappa shape index (κ2) is 12.3. The Kier molecular flexibility index (Phi) is 9.77. The highest BCUT2D eigenvalue weighted by Gasteiger charge is 2.28. The zero-order valence-electron chi connectivity index (χ0n) is 19.5. The van der Waals surface area contributed by atoms with Crippen LogP contribution in [0.15, 0.2) is 48.5 Å². The van der Waals surface area contributed by atoms with Gasteiger partial charge < -0.3 is 9.47 Å². The first kappa shape index (κ1) is 24.6. The van der Waals surface area contributed by atoms with E-state index in [2.05, 4.69) is 13.8 Å². The molecule has 4 heteroatoms. The average Bonchev–Trinajstić information content (AvgIpc) is 2.75. The van der Waals surface area contributed by atoms with E-state index < -0.39 is 0 Å². The molecule has 2 aromatic carbocycles. The highest BCUT2D eigenvalue weighted by molar-refractivity contribution is 5.90. The molecule has 0 aromatic heterocycles. The Morgan fingerprint density at radius 2 is 1.03 bits per heavy atom. The summed E-state index contributed by atoms with van der Waals surface area (Å²) in [4.78, 5) is 25.1. The van der Waals surface area contributed by atoms with E-state index in [1.54, 1.807) is 0 Å². The van der Waals surface area contributed by atoms with Crippen molar-refractivity contribution in [3.63, 3.8) is 0 Å². The number of benzene rings is 2. The van der Waals surface area contributed by atoms with Gasteiger partial charge >= 0.3 is 11.9 Å². The second-order valence-electron chi connectivity index (χ2n) is 8.19. The molecule has 31 heavy (non-hydrogen) atoms. The molecule has 0 saturated carbocycles. The summed E-state index contributed by atoms with van der Waals surface area (Å²) < 4.78 is 11.4. The van der Waals surface area contributed by atoms with E-state index in [-0.39, 0.29) is 30.1 Å². The Hall–Kier alpha value is -2.62. The van der Waals surface area contributed by atoms with Crippen LogP contribution >= 0.6 is 0 Å². The number of carbonyl (C=O) groups excluding carboxylic acids is 2. The maximum Gasteiger partial charge on any atom is 0.338 e. The summed E-state index contributed by atoms with van der Waals surface area (Å²) in [7, 11) is 0. The fourth-order valence-electron chi connectivity index (χ4n) is 3.89. The lowest BCUT2D eigenvalue weighted by Crippen LogP contribution is -2.34. The molecule has 2 atom stereocenters. The summed E-state index contributed by atoms with van der Waals surface area (Å²) in [5.41, 5.74) is 3.50. The predicted octanol–water partition coefficient (Wildman–Crippen LogP) is 6.41. The van der Waals surface area contributed by atoms with E-state index in [4.69, 9.17) is 9.47 Å². The standard InChI is InChI=1S/C27H36O4/c1-6-9-21-11-15-23(16-12-21)26(28)30-19(4)25(8-3)20(5)31-27(29)24-17-13-22(10-7-2)14-18-24/h11-20,25H,6-10H2,1-5H3. The van der Waals surface area contributed by atoms with Gasteiger partial charge in [-0.15, -0.1) is 0 Å². The van der Waals surface area contributed by atoms with E-state index in [0.29, 0.717) is 11.1 Å². The van der Waals surface area contributed by atoms with Crippen LogP contribution in [-0.2, 0) is 22.3 Å². The van der Waals surface area contributed by atoms with Crippen molar-refractivity contribution in [1.82, 2.24) is 0 Å². The molecule has 0 amide bonds. The molecule has 4 nitrogen and oxygen atoms in total.